The predicted molar refractivity (Wildman–Crippen MR) is 153 cm³/mol. The van der Waals surface area contributed by atoms with Crippen molar-refractivity contribution in [1.82, 2.24) is 4.90 Å². The molecule has 0 radical (unpaired) electrons. The molecule has 2 amide bonds. The van der Waals surface area contributed by atoms with E-state index in [1.807, 2.05) is 13.8 Å². The van der Waals surface area contributed by atoms with Gasteiger partial charge < -0.3 is 24.4 Å². The number of amides is 2. The minimum atomic E-state index is -1.26. The number of benzene rings is 1. The summed E-state index contributed by atoms with van der Waals surface area (Å²) in [5.41, 5.74) is -0.672. The lowest BCUT2D eigenvalue weighted by Crippen LogP contribution is -2.60. The number of likely N-dealkylation sites (tertiary alicyclic amines) is 1. The van der Waals surface area contributed by atoms with Gasteiger partial charge in [-0.3, -0.25) is 14.4 Å². The molecule has 3 fully saturated rings. The monoisotopic (exact) mass is 622 g/mol. The van der Waals surface area contributed by atoms with Crippen LogP contribution in [0.25, 0.3) is 0 Å². The van der Waals surface area contributed by atoms with Gasteiger partial charge in [0.25, 0.3) is 5.91 Å². The first-order valence-corrected chi connectivity index (χ1v) is 14.6. The van der Waals surface area contributed by atoms with E-state index < -0.39 is 41.6 Å². The summed E-state index contributed by atoms with van der Waals surface area (Å²) in [5.74, 6) is -3.17. The lowest BCUT2D eigenvalue weighted by Gasteiger charge is -2.40. The number of carbonyl (C=O) groups is 3. The molecule has 3 aliphatic heterocycles. The summed E-state index contributed by atoms with van der Waals surface area (Å²) < 4.78 is 12.1. The van der Waals surface area contributed by atoms with Crippen molar-refractivity contribution in [3.8, 4) is 0 Å². The normalized spacial score (nSPS) is 29.8. The molecule has 39 heavy (non-hydrogen) atoms. The van der Waals surface area contributed by atoms with Crippen LogP contribution >= 0.6 is 27.5 Å². The molecule has 4 rings (SSSR count). The van der Waals surface area contributed by atoms with E-state index in [4.69, 9.17) is 21.1 Å². The van der Waals surface area contributed by atoms with Gasteiger partial charge in [-0.2, -0.15) is 0 Å². The van der Waals surface area contributed by atoms with E-state index in [0.29, 0.717) is 30.0 Å². The summed E-state index contributed by atoms with van der Waals surface area (Å²) in [6, 6.07) is 5.13. The summed E-state index contributed by atoms with van der Waals surface area (Å²) in [6.07, 6.45) is 4.44. The van der Waals surface area contributed by atoms with Gasteiger partial charge in [-0.1, -0.05) is 53.5 Å². The Hall–Kier alpha value is -2.20. The van der Waals surface area contributed by atoms with Crippen LogP contribution in [0.5, 0.6) is 0 Å². The molecule has 3 saturated heterocycles. The van der Waals surface area contributed by atoms with Crippen LogP contribution in [0, 0.1) is 17.8 Å². The zero-order valence-electron chi connectivity index (χ0n) is 22.3. The number of ether oxygens (including phenoxy) is 2. The van der Waals surface area contributed by atoms with Crippen molar-refractivity contribution in [2.45, 2.75) is 61.7 Å². The summed E-state index contributed by atoms with van der Waals surface area (Å²) in [5, 5.41) is 10.9. The quantitative estimate of drug-likeness (QED) is 0.163. The van der Waals surface area contributed by atoms with Crippen LogP contribution in [-0.2, 0) is 23.9 Å². The first-order valence-electron chi connectivity index (χ1n) is 13.3. The van der Waals surface area contributed by atoms with Crippen LogP contribution in [0.15, 0.2) is 49.6 Å². The van der Waals surface area contributed by atoms with E-state index in [0.717, 1.165) is 0 Å². The Bertz CT molecular complexity index is 1110. The summed E-state index contributed by atoms with van der Waals surface area (Å²) >= 11 is 9.77. The number of halogens is 2. The molecule has 2 bridgehead atoms. The number of alkyl halides is 1. The molecule has 0 saturated carbocycles. The van der Waals surface area contributed by atoms with Crippen molar-refractivity contribution in [3.63, 3.8) is 0 Å². The second kappa shape index (κ2) is 12.1. The smallest absolute Gasteiger partial charge is 0.312 e. The number of esters is 1. The third-order valence-corrected chi connectivity index (χ3v) is 9.16. The van der Waals surface area contributed by atoms with Crippen molar-refractivity contribution in [3.05, 3.63) is 54.6 Å². The van der Waals surface area contributed by atoms with Crippen LogP contribution in [0.3, 0.4) is 0 Å². The Morgan fingerprint density at radius 2 is 2.00 bits per heavy atom. The Balaban J connectivity index is 1.78. The van der Waals surface area contributed by atoms with Crippen LogP contribution in [0.1, 0.15) is 33.1 Å². The second-order valence-corrected chi connectivity index (χ2v) is 12.3. The first kappa shape index (κ1) is 29.8. The standard InChI is InChI=1S/C29H36BrClN2O6/c1-5-7-8-14-38-28(37)22-23-26(35)33(21(16-34)17(3)4)25(29(23)15-20(30)24(22)39-29)27(36)32(13-6-2)19-11-9-18(31)10-12-19/h5-6,9-12,17,20-25,34H,1-2,7-8,13-16H2,3-4H3/t20?,21-,22+,23-,24+,25?,29?/m0/s1. The zero-order chi connectivity index (χ0) is 28.5. The van der Waals surface area contributed by atoms with Gasteiger partial charge in [0.2, 0.25) is 5.91 Å². The van der Waals surface area contributed by atoms with Crippen molar-refractivity contribution in [2.75, 3.05) is 24.7 Å². The largest absolute Gasteiger partial charge is 0.465 e. The fourth-order valence-corrected chi connectivity index (χ4v) is 7.38. The lowest BCUT2D eigenvalue weighted by molar-refractivity contribution is -0.156. The Kier molecular flexibility index (Phi) is 9.26. The van der Waals surface area contributed by atoms with E-state index in [2.05, 4.69) is 29.1 Å². The maximum atomic E-state index is 14.5. The van der Waals surface area contributed by atoms with Crippen LogP contribution < -0.4 is 4.90 Å². The number of hydrogen-bond donors (Lipinski definition) is 1. The van der Waals surface area contributed by atoms with E-state index >= 15 is 0 Å². The molecular weight excluding hydrogens is 588 g/mol. The Morgan fingerprint density at radius 3 is 2.59 bits per heavy atom. The fourth-order valence-electron chi connectivity index (χ4n) is 6.31. The lowest BCUT2D eigenvalue weighted by atomic mass is 9.70. The highest BCUT2D eigenvalue weighted by Gasteiger charge is 2.77. The van der Waals surface area contributed by atoms with Crippen molar-refractivity contribution >= 4 is 51.0 Å². The number of aliphatic hydroxyl groups excluding tert-OH is 1. The highest BCUT2D eigenvalue weighted by Crippen LogP contribution is 2.61. The number of unbranched alkanes of at least 4 members (excludes halogenated alkanes) is 1. The van der Waals surface area contributed by atoms with E-state index in [9.17, 15) is 19.5 Å². The third-order valence-electron chi connectivity index (χ3n) is 8.06. The van der Waals surface area contributed by atoms with Gasteiger partial charge in [0, 0.05) is 22.1 Å². The van der Waals surface area contributed by atoms with Gasteiger partial charge in [0.05, 0.1) is 37.2 Å². The average molecular weight is 624 g/mol. The highest BCUT2D eigenvalue weighted by atomic mass is 79.9. The molecule has 212 valence electrons. The van der Waals surface area contributed by atoms with Gasteiger partial charge >= 0.3 is 5.97 Å². The predicted octanol–water partition coefficient (Wildman–Crippen LogP) is 4.13. The summed E-state index contributed by atoms with van der Waals surface area (Å²) in [7, 11) is 0. The van der Waals surface area contributed by atoms with Gasteiger partial charge in [-0.25, -0.2) is 0 Å². The number of fused-ring (bicyclic) bond motifs is 1. The second-order valence-electron chi connectivity index (χ2n) is 10.7. The van der Waals surface area contributed by atoms with E-state index in [1.165, 1.54) is 4.90 Å². The molecule has 1 N–H and O–H groups in total. The molecule has 1 spiro atoms. The number of aliphatic hydroxyl groups is 1. The molecule has 7 atom stereocenters. The number of nitrogens with zero attached hydrogens (tertiary/aromatic N) is 2. The maximum Gasteiger partial charge on any atom is 0.312 e. The van der Waals surface area contributed by atoms with Gasteiger partial charge in [0.1, 0.15) is 11.6 Å². The molecule has 1 aromatic carbocycles. The molecule has 0 aromatic heterocycles. The highest BCUT2D eigenvalue weighted by molar-refractivity contribution is 9.09. The van der Waals surface area contributed by atoms with Crippen molar-refractivity contribution in [2.24, 2.45) is 17.8 Å². The minimum Gasteiger partial charge on any atom is -0.465 e. The number of carbonyl (C=O) groups excluding carboxylic acids is 3. The molecule has 3 unspecified atom stereocenters. The molecule has 3 aliphatic rings. The number of rotatable bonds is 12. The molecule has 1 aromatic rings. The average Bonchev–Trinajstić information content (AvgIpc) is 3.49. The van der Waals surface area contributed by atoms with Crippen molar-refractivity contribution in [1.29, 1.82) is 0 Å². The molecule has 10 heteroatoms. The SMILES string of the molecule is C=CCCCOC(=O)[C@H]1[C@@H]2OC3(CC2Br)C(C(=O)N(CC=C)c2ccc(Cl)cc2)N([C@@H](CO)C(C)C)C(=O)[C@H]13. The van der Waals surface area contributed by atoms with E-state index in [1.54, 1.807) is 41.3 Å². The Labute approximate surface area is 243 Å². The van der Waals surface area contributed by atoms with Gasteiger partial charge in [-0.05, 0) is 49.4 Å². The molecule has 8 nitrogen and oxygen atoms in total. The van der Waals surface area contributed by atoms with Crippen molar-refractivity contribution < 1.29 is 29.0 Å². The number of anilines is 1. The molecule has 0 aliphatic carbocycles. The van der Waals surface area contributed by atoms with E-state index in [-0.39, 0.29) is 42.3 Å². The zero-order valence-corrected chi connectivity index (χ0v) is 24.6. The van der Waals surface area contributed by atoms with Gasteiger partial charge in [-0.15, -0.1) is 13.2 Å². The fraction of sp³-hybridized carbons (Fsp3) is 0.552. The number of allylic oxidation sites excluding steroid dienone is 1. The number of hydrogen-bond acceptors (Lipinski definition) is 6. The molecule has 3 heterocycles. The minimum absolute atomic E-state index is 0.158. The van der Waals surface area contributed by atoms with Crippen LogP contribution in [0.4, 0.5) is 5.69 Å². The van der Waals surface area contributed by atoms with Crippen LogP contribution in [0.2, 0.25) is 5.02 Å². The van der Waals surface area contributed by atoms with Crippen LogP contribution in [-0.4, -0.2) is 76.2 Å². The first-order chi connectivity index (χ1) is 18.6. The third kappa shape index (κ3) is 5.19. The summed E-state index contributed by atoms with van der Waals surface area (Å²) in [4.78, 5) is 44.9. The summed E-state index contributed by atoms with van der Waals surface area (Å²) in [6.45, 7) is 11.3. The van der Waals surface area contributed by atoms with Gasteiger partial charge in [0.15, 0.2) is 0 Å². The Morgan fingerprint density at radius 1 is 1.31 bits per heavy atom. The topological polar surface area (TPSA) is 96.4 Å². The molecular formula is C29H36BrClN2O6. The maximum absolute atomic E-state index is 14.5.